The van der Waals surface area contributed by atoms with E-state index in [0.29, 0.717) is 41.5 Å². The highest BCUT2D eigenvalue weighted by Gasteiger charge is 2.22. The Labute approximate surface area is 175 Å². The monoisotopic (exact) mass is 432 g/mol. The zero-order valence-corrected chi connectivity index (χ0v) is 16.6. The summed E-state index contributed by atoms with van der Waals surface area (Å²) in [6, 6.07) is 6.69. The third-order valence-electron chi connectivity index (χ3n) is 5.48. The third-order valence-corrected chi connectivity index (χ3v) is 5.48. The fourth-order valence-electron chi connectivity index (χ4n) is 4.01. The molecule has 0 amide bonds. The Morgan fingerprint density at radius 3 is 1.97 bits per heavy atom. The van der Waals surface area contributed by atoms with Crippen molar-refractivity contribution in [2.75, 3.05) is 0 Å². The number of allylic oxidation sites excluding steroid dienone is 1. The van der Waals surface area contributed by atoms with Crippen LogP contribution in [0.1, 0.15) is 42.0 Å². The molecule has 0 aromatic heterocycles. The molecule has 6 heteroatoms. The summed E-state index contributed by atoms with van der Waals surface area (Å²) in [5.74, 6) is -6.54. The molecule has 31 heavy (non-hydrogen) atoms. The number of benzene rings is 3. The first kappa shape index (κ1) is 21.2. The lowest BCUT2D eigenvalue weighted by Gasteiger charge is -2.20. The van der Waals surface area contributed by atoms with Crippen LogP contribution in [0.25, 0.3) is 22.8 Å². The minimum Gasteiger partial charge on any atom is -0.206 e. The molecule has 0 heterocycles. The summed E-state index contributed by atoms with van der Waals surface area (Å²) in [6.07, 6.45) is 3.52. The van der Waals surface area contributed by atoms with Crippen LogP contribution in [-0.4, -0.2) is 0 Å². The Bertz CT molecular complexity index is 1160. The van der Waals surface area contributed by atoms with Crippen LogP contribution in [0, 0.1) is 34.9 Å². The van der Waals surface area contributed by atoms with Crippen LogP contribution >= 0.6 is 0 Å². The SMILES string of the molecule is CCCc1cc(F)c(C2=Cc3cc(F)c(-c4cc(F)c(F)c(F)c4)cc3CC2)c(F)c1. The second-order valence-corrected chi connectivity index (χ2v) is 7.64. The Balaban J connectivity index is 1.75. The predicted molar refractivity (Wildman–Crippen MR) is 108 cm³/mol. The molecule has 0 saturated carbocycles. The van der Waals surface area contributed by atoms with E-state index in [1.807, 2.05) is 6.92 Å². The van der Waals surface area contributed by atoms with Gasteiger partial charge in [-0.25, -0.2) is 26.3 Å². The van der Waals surface area contributed by atoms with E-state index in [1.165, 1.54) is 24.3 Å². The topological polar surface area (TPSA) is 0 Å². The minimum absolute atomic E-state index is 0.0744. The Morgan fingerprint density at radius 2 is 1.35 bits per heavy atom. The fourth-order valence-corrected chi connectivity index (χ4v) is 4.01. The van der Waals surface area contributed by atoms with Gasteiger partial charge in [0.05, 0.1) is 0 Å². The van der Waals surface area contributed by atoms with Crippen molar-refractivity contribution in [3.05, 3.63) is 93.6 Å². The molecule has 0 nitrogen and oxygen atoms in total. The van der Waals surface area contributed by atoms with Crippen LogP contribution in [0.3, 0.4) is 0 Å². The molecule has 3 aromatic rings. The molecule has 0 bridgehead atoms. The van der Waals surface area contributed by atoms with Crippen LogP contribution in [-0.2, 0) is 12.8 Å². The summed E-state index contributed by atoms with van der Waals surface area (Å²) in [5, 5.41) is 0. The van der Waals surface area contributed by atoms with Crippen LogP contribution in [0.2, 0.25) is 0 Å². The number of hydrogen-bond donors (Lipinski definition) is 0. The Hall–Kier alpha value is -3.02. The quantitative estimate of drug-likeness (QED) is 0.294. The van der Waals surface area contributed by atoms with Crippen LogP contribution in [0.4, 0.5) is 26.3 Å². The molecule has 4 rings (SSSR count). The predicted octanol–water partition coefficient (Wildman–Crippen LogP) is 7.63. The first-order chi connectivity index (χ1) is 14.8. The molecular formula is C25H18F6. The van der Waals surface area contributed by atoms with Gasteiger partial charge in [0.25, 0.3) is 0 Å². The lowest BCUT2D eigenvalue weighted by Crippen LogP contribution is -2.05. The molecule has 0 atom stereocenters. The average molecular weight is 432 g/mol. The Kier molecular flexibility index (Phi) is 5.65. The molecule has 0 spiro atoms. The van der Waals surface area contributed by atoms with E-state index in [2.05, 4.69) is 0 Å². The van der Waals surface area contributed by atoms with Gasteiger partial charge in [-0.05, 0) is 83.5 Å². The van der Waals surface area contributed by atoms with E-state index in [0.717, 1.165) is 24.6 Å². The van der Waals surface area contributed by atoms with E-state index in [-0.39, 0.29) is 16.7 Å². The third kappa shape index (κ3) is 3.99. The van der Waals surface area contributed by atoms with E-state index >= 15 is 0 Å². The smallest absolute Gasteiger partial charge is 0.194 e. The number of rotatable bonds is 4. The summed E-state index contributed by atoms with van der Waals surface area (Å²) in [6.45, 7) is 1.92. The molecule has 3 aromatic carbocycles. The summed E-state index contributed by atoms with van der Waals surface area (Å²) < 4.78 is 84.3. The average Bonchev–Trinajstić information content (AvgIpc) is 2.71. The van der Waals surface area contributed by atoms with E-state index in [9.17, 15) is 26.3 Å². The van der Waals surface area contributed by atoms with Crippen molar-refractivity contribution >= 4 is 11.6 Å². The summed E-state index contributed by atoms with van der Waals surface area (Å²) in [7, 11) is 0. The largest absolute Gasteiger partial charge is 0.206 e. The zero-order chi connectivity index (χ0) is 22.3. The van der Waals surface area contributed by atoms with Crippen LogP contribution in [0.5, 0.6) is 0 Å². The van der Waals surface area contributed by atoms with E-state index in [1.54, 1.807) is 0 Å². The lowest BCUT2D eigenvalue weighted by atomic mass is 9.86. The van der Waals surface area contributed by atoms with Gasteiger partial charge in [0, 0.05) is 11.1 Å². The van der Waals surface area contributed by atoms with Gasteiger partial charge >= 0.3 is 0 Å². The zero-order valence-electron chi connectivity index (χ0n) is 16.6. The van der Waals surface area contributed by atoms with Crippen molar-refractivity contribution in [1.29, 1.82) is 0 Å². The second-order valence-electron chi connectivity index (χ2n) is 7.64. The Morgan fingerprint density at radius 1 is 0.710 bits per heavy atom. The van der Waals surface area contributed by atoms with E-state index < -0.39 is 34.9 Å². The number of fused-ring (bicyclic) bond motifs is 1. The van der Waals surface area contributed by atoms with Gasteiger partial charge in [-0.2, -0.15) is 0 Å². The molecular weight excluding hydrogens is 414 g/mol. The summed E-state index contributed by atoms with van der Waals surface area (Å²) in [5.41, 5.74) is 1.75. The standard InChI is InChI=1S/C25H18F6/c1-2-3-13-6-20(27)24(21(28)7-13)15-5-4-14-9-18(19(26)10-16(14)8-15)17-11-22(29)25(31)23(30)12-17/h6-12H,2-5H2,1H3. The summed E-state index contributed by atoms with van der Waals surface area (Å²) >= 11 is 0. The van der Waals surface area contributed by atoms with Gasteiger partial charge in [0.1, 0.15) is 17.5 Å². The van der Waals surface area contributed by atoms with Gasteiger partial charge in [0.15, 0.2) is 17.5 Å². The molecule has 0 aliphatic heterocycles. The number of hydrogen-bond acceptors (Lipinski definition) is 0. The number of aryl methyl sites for hydroxylation is 2. The number of halogens is 6. The first-order valence-electron chi connectivity index (χ1n) is 9.94. The molecule has 0 saturated heterocycles. The van der Waals surface area contributed by atoms with Crippen molar-refractivity contribution in [2.24, 2.45) is 0 Å². The van der Waals surface area contributed by atoms with Gasteiger partial charge in [-0.3, -0.25) is 0 Å². The van der Waals surface area contributed by atoms with Gasteiger partial charge in [-0.15, -0.1) is 0 Å². The second kappa shape index (κ2) is 8.25. The van der Waals surface area contributed by atoms with Gasteiger partial charge in [-0.1, -0.05) is 19.4 Å². The highest BCUT2D eigenvalue weighted by atomic mass is 19.2. The van der Waals surface area contributed by atoms with Crippen LogP contribution in [0.15, 0.2) is 36.4 Å². The summed E-state index contributed by atoms with van der Waals surface area (Å²) in [4.78, 5) is 0. The molecule has 0 N–H and O–H groups in total. The maximum atomic E-state index is 14.7. The van der Waals surface area contributed by atoms with Crippen molar-refractivity contribution < 1.29 is 26.3 Å². The van der Waals surface area contributed by atoms with Crippen molar-refractivity contribution in [3.63, 3.8) is 0 Å². The van der Waals surface area contributed by atoms with Gasteiger partial charge < -0.3 is 0 Å². The first-order valence-corrected chi connectivity index (χ1v) is 9.94. The highest BCUT2D eigenvalue weighted by Crippen LogP contribution is 2.37. The van der Waals surface area contributed by atoms with Crippen molar-refractivity contribution in [1.82, 2.24) is 0 Å². The molecule has 1 aliphatic rings. The molecule has 0 fully saturated rings. The lowest BCUT2D eigenvalue weighted by molar-refractivity contribution is 0.447. The van der Waals surface area contributed by atoms with Crippen molar-refractivity contribution in [2.45, 2.75) is 32.6 Å². The van der Waals surface area contributed by atoms with E-state index in [4.69, 9.17) is 0 Å². The van der Waals surface area contributed by atoms with Crippen molar-refractivity contribution in [3.8, 4) is 11.1 Å². The molecule has 160 valence electrons. The maximum absolute atomic E-state index is 14.7. The normalized spacial score (nSPS) is 13.2. The molecule has 0 radical (unpaired) electrons. The van der Waals surface area contributed by atoms with Crippen LogP contribution < -0.4 is 0 Å². The maximum Gasteiger partial charge on any atom is 0.194 e. The fraction of sp³-hybridized carbons (Fsp3) is 0.200. The minimum atomic E-state index is -1.62. The highest BCUT2D eigenvalue weighted by molar-refractivity contribution is 5.86. The molecule has 1 aliphatic carbocycles. The van der Waals surface area contributed by atoms with Gasteiger partial charge in [0.2, 0.25) is 0 Å². The molecule has 0 unspecified atom stereocenters.